The molecule has 4 saturated carbocycles. The fourth-order valence-corrected chi connectivity index (χ4v) is 5.93. The molecule has 5 unspecified atom stereocenters. The van der Waals surface area contributed by atoms with Crippen molar-refractivity contribution in [3.8, 4) is 0 Å². The van der Waals surface area contributed by atoms with Gasteiger partial charge in [-0.1, -0.05) is 0 Å². The van der Waals surface area contributed by atoms with Crippen LogP contribution in [-0.4, -0.2) is 21.3 Å². The van der Waals surface area contributed by atoms with Gasteiger partial charge in [-0.3, -0.25) is 0 Å². The van der Waals surface area contributed by atoms with E-state index in [0.717, 1.165) is 48.6 Å². The van der Waals surface area contributed by atoms with Gasteiger partial charge in [0.2, 0.25) is 0 Å². The first kappa shape index (κ1) is 10.8. The van der Waals surface area contributed by atoms with Gasteiger partial charge < -0.3 is 9.88 Å². The predicted octanol–water partition coefficient (Wildman–Crippen LogP) is 2.09. The molecule has 4 heteroatoms. The molecule has 4 nitrogen and oxygen atoms in total. The molecular formula is C16H22N4. The molecule has 106 valence electrons. The van der Waals surface area contributed by atoms with E-state index in [9.17, 15) is 0 Å². The lowest BCUT2D eigenvalue weighted by molar-refractivity contribution is 0.373. The molecule has 20 heavy (non-hydrogen) atoms. The summed E-state index contributed by atoms with van der Waals surface area (Å²) in [6.07, 6.45) is 7.27. The number of hydrogen-bond donors (Lipinski definition) is 1. The predicted molar refractivity (Wildman–Crippen MR) is 74.0 cm³/mol. The second kappa shape index (κ2) is 3.46. The van der Waals surface area contributed by atoms with Crippen LogP contribution in [-0.2, 0) is 6.54 Å². The summed E-state index contributed by atoms with van der Waals surface area (Å²) in [5.74, 6) is 8.26. The summed E-state index contributed by atoms with van der Waals surface area (Å²) in [5.41, 5.74) is 0. The Hall–Kier alpha value is -0.900. The molecule has 1 aromatic rings. The van der Waals surface area contributed by atoms with Crippen LogP contribution in [0, 0.1) is 29.6 Å². The lowest BCUT2D eigenvalue weighted by atomic mass is 10.0. The average molecular weight is 270 g/mol. The maximum Gasteiger partial charge on any atom is 0.150 e. The SMILES string of the molecule is C1Cn2c(nnc2C2C3C4CCC(C4)C23)C(C2CC2)N1. The van der Waals surface area contributed by atoms with E-state index in [1.807, 2.05) is 0 Å². The Balaban J connectivity index is 1.37. The molecule has 1 aliphatic heterocycles. The number of fused-ring (bicyclic) bond motifs is 6. The zero-order valence-corrected chi connectivity index (χ0v) is 11.8. The minimum atomic E-state index is 0.500. The van der Waals surface area contributed by atoms with Crippen molar-refractivity contribution in [1.82, 2.24) is 20.1 Å². The summed E-state index contributed by atoms with van der Waals surface area (Å²) in [5, 5.41) is 12.9. The molecule has 2 heterocycles. The largest absolute Gasteiger partial charge is 0.312 e. The van der Waals surface area contributed by atoms with Gasteiger partial charge in [-0.15, -0.1) is 10.2 Å². The van der Waals surface area contributed by atoms with Gasteiger partial charge in [0.25, 0.3) is 0 Å². The normalized spacial score (nSPS) is 48.2. The second-order valence-electron chi connectivity index (χ2n) is 7.85. The van der Waals surface area contributed by atoms with Crippen LogP contribution in [0.2, 0.25) is 0 Å². The third kappa shape index (κ3) is 1.23. The monoisotopic (exact) mass is 270 g/mol. The molecule has 0 radical (unpaired) electrons. The van der Waals surface area contributed by atoms with Crippen molar-refractivity contribution in [2.75, 3.05) is 6.54 Å². The number of nitrogens with zero attached hydrogens (tertiary/aromatic N) is 3. The van der Waals surface area contributed by atoms with Crippen LogP contribution < -0.4 is 5.32 Å². The standard InChI is InChI=1S/C16H22N4/c1-2-8(1)14-16-19-18-15(20(16)6-5-17-14)13-11-9-3-4-10(7-9)12(11)13/h8-14,17H,1-7H2. The maximum absolute atomic E-state index is 4.67. The van der Waals surface area contributed by atoms with E-state index in [4.69, 9.17) is 0 Å². The third-order valence-electron chi connectivity index (χ3n) is 6.91. The van der Waals surface area contributed by atoms with Gasteiger partial charge in [0, 0.05) is 19.0 Å². The number of rotatable bonds is 2. The highest BCUT2D eigenvalue weighted by molar-refractivity contribution is 5.26. The molecule has 0 saturated heterocycles. The van der Waals surface area contributed by atoms with Crippen LogP contribution >= 0.6 is 0 Å². The molecule has 4 aliphatic carbocycles. The zero-order valence-electron chi connectivity index (χ0n) is 11.8. The van der Waals surface area contributed by atoms with Crippen LogP contribution in [0.5, 0.6) is 0 Å². The Morgan fingerprint density at radius 2 is 1.60 bits per heavy atom. The number of aromatic nitrogens is 3. The Bertz CT molecular complexity index is 559. The van der Waals surface area contributed by atoms with Gasteiger partial charge in [-0.05, 0) is 61.7 Å². The second-order valence-corrected chi connectivity index (χ2v) is 7.85. The highest BCUT2D eigenvalue weighted by Gasteiger charge is 2.66. The van der Waals surface area contributed by atoms with Gasteiger partial charge in [0.15, 0.2) is 5.82 Å². The van der Waals surface area contributed by atoms with E-state index >= 15 is 0 Å². The summed E-state index contributed by atoms with van der Waals surface area (Å²) in [6.45, 7) is 2.19. The molecule has 5 aliphatic rings. The van der Waals surface area contributed by atoms with Crippen LogP contribution in [0.4, 0.5) is 0 Å². The molecule has 0 aromatic carbocycles. The van der Waals surface area contributed by atoms with E-state index in [1.165, 1.54) is 43.8 Å². The summed E-state index contributed by atoms with van der Waals surface area (Å²) in [6, 6.07) is 0.500. The lowest BCUT2D eigenvalue weighted by Crippen LogP contribution is -2.35. The summed E-state index contributed by atoms with van der Waals surface area (Å²) < 4.78 is 2.50. The van der Waals surface area contributed by atoms with Crippen molar-refractivity contribution in [1.29, 1.82) is 0 Å². The highest BCUT2D eigenvalue weighted by Crippen LogP contribution is 2.72. The van der Waals surface area contributed by atoms with E-state index in [1.54, 1.807) is 0 Å². The molecule has 2 bridgehead atoms. The number of hydrogen-bond acceptors (Lipinski definition) is 3. The zero-order chi connectivity index (χ0) is 12.8. The van der Waals surface area contributed by atoms with Gasteiger partial charge >= 0.3 is 0 Å². The van der Waals surface area contributed by atoms with Crippen molar-refractivity contribution in [3.05, 3.63) is 11.6 Å². The van der Waals surface area contributed by atoms with E-state index < -0.39 is 0 Å². The van der Waals surface area contributed by atoms with Crippen LogP contribution in [0.25, 0.3) is 0 Å². The smallest absolute Gasteiger partial charge is 0.150 e. The Labute approximate surface area is 119 Å². The van der Waals surface area contributed by atoms with Crippen molar-refractivity contribution in [2.24, 2.45) is 29.6 Å². The van der Waals surface area contributed by atoms with Crippen molar-refractivity contribution in [2.45, 2.75) is 50.6 Å². The summed E-state index contributed by atoms with van der Waals surface area (Å²) >= 11 is 0. The highest BCUT2D eigenvalue weighted by atomic mass is 15.3. The first-order valence-electron chi connectivity index (χ1n) is 8.58. The van der Waals surface area contributed by atoms with Crippen LogP contribution in [0.3, 0.4) is 0 Å². The van der Waals surface area contributed by atoms with E-state index in [2.05, 4.69) is 20.1 Å². The molecule has 5 atom stereocenters. The molecular weight excluding hydrogens is 248 g/mol. The minimum absolute atomic E-state index is 0.500. The van der Waals surface area contributed by atoms with Crippen molar-refractivity contribution >= 4 is 0 Å². The van der Waals surface area contributed by atoms with Gasteiger partial charge in [-0.2, -0.15) is 0 Å². The van der Waals surface area contributed by atoms with E-state index in [-0.39, 0.29) is 0 Å². The molecule has 0 amide bonds. The van der Waals surface area contributed by atoms with Crippen molar-refractivity contribution in [3.63, 3.8) is 0 Å². The summed E-state index contributed by atoms with van der Waals surface area (Å²) in [4.78, 5) is 0. The molecule has 1 aromatic heterocycles. The fourth-order valence-electron chi connectivity index (χ4n) is 5.93. The average Bonchev–Trinajstić information content (AvgIpc) is 3.34. The Morgan fingerprint density at radius 3 is 2.35 bits per heavy atom. The van der Waals surface area contributed by atoms with E-state index in [0.29, 0.717) is 6.04 Å². The van der Waals surface area contributed by atoms with Gasteiger partial charge in [0.1, 0.15) is 5.82 Å². The van der Waals surface area contributed by atoms with Crippen LogP contribution in [0.1, 0.15) is 55.7 Å². The number of nitrogens with one attached hydrogen (secondary N) is 1. The topological polar surface area (TPSA) is 42.7 Å². The maximum atomic E-state index is 4.67. The lowest BCUT2D eigenvalue weighted by Gasteiger charge is -2.25. The molecule has 4 fully saturated rings. The molecule has 0 spiro atoms. The molecule has 1 N–H and O–H groups in total. The first-order valence-corrected chi connectivity index (χ1v) is 8.58. The van der Waals surface area contributed by atoms with Gasteiger partial charge in [-0.25, -0.2) is 0 Å². The first-order chi connectivity index (χ1) is 9.92. The Kier molecular flexibility index (Phi) is 1.86. The fraction of sp³-hybridized carbons (Fsp3) is 0.875. The Morgan fingerprint density at radius 1 is 0.900 bits per heavy atom. The van der Waals surface area contributed by atoms with Crippen LogP contribution in [0.15, 0.2) is 0 Å². The molecule has 6 rings (SSSR count). The van der Waals surface area contributed by atoms with Crippen molar-refractivity contribution < 1.29 is 0 Å². The summed E-state index contributed by atoms with van der Waals surface area (Å²) in [7, 11) is 0. The third-order valence-corrected chi connectivity index (χ3v) is 6.91. The van der Waals surface area contributed by atoms with Gasteiger partial charge in [0.05, 0.1) is 6.04 Å². The minimum Gasteiger partial charge on any atom is -0.312 e. The quantitative estimate of drug-likeness (QED) is 0.895.